The Kier molecular flexibility index (Phi) is 4.98. The highest BCUT2D eigenvalue weighted by atomic mass is 16.5. The van der Waals surface area contributed by atoms with Crippen molar-refractivity contribution in [2.45, 2.75) is 26.3 Å². The summed E-state index contributed by atoms with van der Waals surface area (Å²) >= 11 is 0. The molecule has 0 aliphatic carbocycles. The Labute approximate surface area is 113 Å². The number of aromatic nitrogens is 1. The van der Waals surface area contributed by atoms with Crippen LogP contribution in [0.15, 0.2) is 41.1 Å². The Morgan fingerprint density at radius 1 is 1.37 bits per heavy atom. The first-order chi connectivity index (χ1) is 9.29. The highest BCUT2D eigenvalue weighted by Crippen LogP contribution is 2.16. The molecule has 0 bridgehead atoms. The van der Waals surface area contributed by atoms with Crippen molar-refractivity contribution in [1.29, 1.82) is 0 Å². The van der Waals surface area contributed by atoms with Crippen molar-refractivity contribution >= 4 is 0 Å². The second-order valence-corrected chi connectivity index (χ2v) is 4.37. The number of pyridine rings is 1. The normalized spacial score (nSPS) is 12.3. The fourth-order valence-electron chi connectivity index (χ4n) is 1.79. The third-order valence-electron chi connectivity index (χ3n) is 2.91. The lowest BCUT2D eigenvalue weighted by atomic mass is 10.2. The summed E-state index contributed by atoms with van der Waals surface area (Å²) in [7, 11) is 0. The van der Waals surface area contributed by atoms with E-state index in [0.717, 1.165) is 30.2 Å². The number of hydrogen-bond donors (Lipinski definition) is 1. The molecule has 0 fully saturated rings. The molecular weight excluding hydrogens is 240 g/mol. The lowest BCUT2D eigenvalue weighted by Gasteiger charge is -2.12. The van der Waals surface area contributed by atoms with Crippen molar-refractivity contribution in [3.63, 3.8) is 0 Å². The van der Waals surface area contributed by atoms with Crippen LogP contribution in [0.25, 0.3) is 0 Å². The molecule has 19 heavy (non-hydrogen) atoms. The predicted octanol–water partition coefficient (Wildman–Crippen LogP) is 2.97. The molecule has 0 aliphatic heterocycles. The first-order valence-electron chi connectivity index (χ1n) is 6.64. The van der Waals surface area contributed by atoms with Gasteiger partial charge >= 0.3 is 0 Å². The highest BCUT2D eigenvalue weighted by Gasteiger charge is 2.08. The van der Waals surface area contributed by atoms with Crippen LogP contribution in [0.2, 0.25) is 0 Å². The van der Waals surface area contributed by atoms with Gasteiger partial charge in [-0.15, -0.1) is 0 Å². The van der Waals surface area contributed by atoms with Gasteiger partial charge in [0.2, 0.25) is 0 Å². The molecule has 1 atom stereocenters. The molecule has 102 valence electrons. The van der Waals surface area contributed by atoms with Gasteiger partial charge in [-0.3, -0.25) is 4.98 Å². The van der Waals surface area contributed by atoms with Gasteiger partial charge in [-0.2, -0.15) is 0 Å². The van der Waals surface area contributed by atoms with Gasteiger partial charge in [-0.05, 0) is 31.2 Å². The van der Waals surface area contributed by atoms with E-state index in [9.17, 15) is 0 Å². The summed E-state index contributed by atoms with van der Waals surface area (Å²) in [5.41, 5.74) is 0. The maximum absolute atomic E-state index is 5.70. The maximum Gasteiger partial charge on any atom is 0.137 e. The molecule has 0 saturated carbocycles. The van der Waals surface area contributed by atoms with Gasteiger partial charge in [0, 0.05) is 19.2 Å². The summed E-state index contributed by atoms with van der Waals surface area (Å²) in [5, 5.41) is 3.37. The highest BCUT2D eigenvalue weighted by molar-refractivity contribution is 5.15. The fourth-order valence-corrected chi connectivity index (χ4v) is 1.79. The first-order valence-corrected chi connectivity index (χ1v) is 6.64. The van der Waals surface area contributed by atoms with Crippen LogP contribution in [-0.2, 0) is 6.42 Å². The van der Waals surface area contributed by atoms with Crippen molar-refractivity contribution in [2.75, 3.05) is 13.2 Å². The summed E-state index contributed by atoms with van der Waals surface area (Å²) in [4.78, 5) is 4.00. The van der Waals surface area contributed by atoms with Gasteiger partial charge < -0.3 is 14.5 Å². The standard InChI is InChI=1S/C15H20N2O2/c1-3-13-6-7-15(19-13)12(2)17-9-10-18-14-5-4-8-16-11-14/h4-8,11-12,17H,3,9-10H2,1-2H3/t12-/m0/s1. The lowest BCUT2D eigenvalue weighted by molar-refractivity contribution is 0.300. The molecule has 4 heteroatoms. The van der Waals surface area contributed by atoms with Crippen molar-refractivity contribution in [2.24, 2.45) is 0 Å². The van der Waals surface area contributed by atoms with E-state index >= 15 is 0 Å². The van der Waals surface area contributed by atoms with E-state index < -0.39 is 0 Å². The zero-order valence-corrected chi connectivity index (χ0v) is 11.4. The summed E-state index contributed by atoms with van der Waals surface area (Å²) < 4.78 is 11.3. The summed E-state index contributed by atoms with van der Waals surface area (Å²) in [6.07, 6.45) is 4.37. The number of rotatable bonds is 7. The van der Waals surface area contributed by atoms with E-state index in [2.05, 4.69) is 24.1 Å². The maximum atomic E-state index is 5.70. The number of nitrogens with zero attached hydrogens (tertiary/aromatic N) is 1. The fraction of sp³-hybridized carbons (Fsp3) is 0.400. The minimum atomic E-state index is 0.192. The minimum absolute atomic E-state index is 0.192. The summed E-state index contributed by atoms with van der Waals surface area (Å²) in [5.74, 6) is 2.79. The molecule has 0 spiro atoms. The molecule has 0 saturated heterocycles. The largest absolute Gasteiger partial charge is 0.491 e. The predicted molar refractivity (Wildman–Crippen MR) is 74.2 cm³/mol. The number of nitrogens with one attached hydrogen (secondary N) is 1. The Bertz CT molecular complexity index is 482. The van der Waals surface area contributed by atoms with E-state index in [0.29, 0.717) is 6.61 Å². The molecule has 4 nitrogen and oxygen atoms in total. The molecule has 2 rings (SSSR count). The van der Waals surface area contributed by atoms with Crippen LogP contribution in [0.5, 0.6) is 5.75 Å². The quantitative estimate of drug-likeness (QED) is 0.777. The van der Waals surface area contributed by atoms with Crippen molar-refractivity contribution in [3.8, 4) is 5.75 Å². The van der Waals surface area contributed by atoms with Gasteiger partial charge in [0.1, 0.15) is 23.9 Å². The monoisotopic (exact) mass is 260 g/mol. The lowest BCUT2D eigenvalue weighted by Crippen LogP contribution is -2.24. The average Bonchev–Trinajstić information content (AvgIpc) is 2.93. The third kappa shape index (κ3) is 4.10. The molecule has 0 radical (unpaired) electrons. The molecule has 2 aromatic rings. The van der Waals surface area contributed by atoms with E-state index in [1.165, 1.54) is 0 Å². The van der Waals surface area contributed by atoms with Gasteiger partial charge in [-0.1, -0.05) is 6.92 Å². The SMILES string of the molecule is CCc1ccc([C@H](C)NCCOc2cccnc2)o1. The number of hydrogen-bond acceptors (Lipinski definition) is 4. The smallest absolute Gasteiger partial charge is 0.137 e. The Morgan fingerprint density at radius 3 is 2.95 bits per heavy atom. The van der Waals surface area contributed by atoms with E-state index in [-0.39, 0.29) is 6.04 Å². The van der Waals surface area contributed by atoms with E-state index in [4.69, 9.17) is 9.15 Å². The van der Waals surface area contributed by atoms with Crippen LogP contribution < -0.4 is 10.1 Å². The Morgan fingerprint density at radius 2 is 2.26 bits per heavy atom. The van der Waals surface area contributed by atoms with Crippen molar-refractivity contribution < 1.29 is 9.15 Å². The number of aryl methyl sites for hydroxylation is 1. The molecule has 0 unspecified atom stereocenters. The molecule has 2 heterocycles. The molecule has 2 aromatic heterocycles. The molecule has 1 N–H and O–H groups in total. The zero-order chi connectivity index (χ0) is 13.5. The van der Waals surface area contributed by atoms with Crippen LogP contribution in [0.4, 0.5) is 0 Å². The van der Waals surface area contributed by atoms with E-state index in [1.54, 1.807) is 12.4 Å². The van der Waals surface area contributed by atoms with Crippen LogP contribution in [0.3, 0.4) is 0 Å². The first kappa shape index (κ1) is 13.6. The second-order valence-electron chi connectivity index (χ2n) is 4.37. The van der Waals surface area contributed by atoms with Gasteiger partial charge in [0.05, 0.1) is 12.2 Å². The van der Waals surface area contributed by atoms with Crippen molar-refractivity contribution in [3.05, 3.63) is 48.2 Å². The minimum Gasteiger partial charge on any atom is -0.491 e. The Balaban J connectivity index is 1.70. The molecule has 0 aromatic carbocycles. The van der Waals surface area contributed by atoms with Crippen LogP contribution in [0, 0.1) is 0 Å². The number of furan rings is 1. The van der Waals surface area contributed by atoms with Gasteiger partial charge in [0.15, 0.2) is 0 Å². The Hall–Kier alpha value is -1.81. The van der Waals surface area contributed by atoms with Crippen molar-refractivity contribution in [1.82, 2.24) is 10.3 Å². The summed E-state index contributed by atoms with van der Waals surface area (Å²) in [6, 6.07) is 8.01. The average molecular weight is 260 g/mol. The van der Waals surface area contributed by atoms with Gasteiger partial charge in [0.25, 0.3) is 0 Å². The summed E-state index contributed by atoms with van der Waals surface area (Å²) in [6.45, 7) is 5.54. The van der Waals surface area contributed by atoms with Crippen LogP contribution in [-0.4, -0.2) is 18.1 Å². The van der Waals surface area contributed by atoms with Crippen LogP contribution in [0.1, 0.15) is 31.4 Å². The zero-order valence-electron chi connectivity index (χ0n) is 11.4. The topological polar surface area (TPSA) is 47.3 Å². The van der Waals surface area contributed by atoms with Gasteiger partial charge in [-0.25, -0.2) is 0 Å². The number of ether oxygens (including phenoxy) is 1. The molecule has 0 aliphatic rings. The third-order valence-corrected chi connectivity index (χ3v) is 2.91. The van der Waals surface area contributed by atoms with E-state index in [1.807, 2.05) is 24.3 Å². The molecule has 0 amide bonds. The molecular formula is C15H20N2O2. The second kappa shape index (κ2) is 6.95. The van der Waals surface area contributed by atoms with Crippen LogP contribution >= 0.6 is 0 Å².